The first kappa shape index (κ1) is 16.8. The van der Waals surface area contributed by atoms with Crippen molar-refractivity contribution in [3.63, 3.8) is 0 Å². The fraction of sp³-hybridized carbons (Fsp3) is 0.150. The molecular formula is C20H16N2O5. The Balaban J connectivity index is 1.60. The lowest BCUT2D eigenvalue weighted by Gasteiger charge is -2.04. The zero-order valence-corrected chi connectivity index (χ0v) is 14.8. The number of furan rings is 1. The Bertz CT molecular complexity index is 1070. The van der Waals surface area contributed by atoms with Crippen LogP contribution in [0, 0.1) is 24.0 Å². The molecule has 3 aromatic rings. The molecule has 0 amide bonds. The second-order valence-electron chi connectivity index (χ2n) is 6.19. The zero-order valence-electron chi connectivity index (χ0n) is 14.8. The molecular weight excluding hydrogens is 348 g/mol. The maximum Gasteiger partial charge on any atom is 0.273 e. The lowest BCUT2D eigenvalue weighted by atomic mass is 10.0. The topological polar surface area (TPSA) is 87.1 Å². The van der Waals surface area contributed by atoms with Gasteiger partial charge in [-0.1, -0.05) is 0 Å². The van der Waals surface area contributed by atoms with E-state index in [0.29, 0.717) is 39.8 Å². The predicted octanol–water partition coefficient (Wildman–Crippen LogP) is 4.95. The summed E-state index contributed by atoms with van der Waals surface area (Å²) in [4.78, 5) is 15.2. The van der Waals surface area contributed by atoms with Crippen molar-refractivity contribution in [1.29, 1.82) is 0 Å². The highest BCUT2D eigenvalue weighted by Crippen LogP contribution is 2.35. The van der Waals surface area contributed by atoms with E-state index in [2.05, 4.69) is 4.99 Å². The molecule has 136 valence electrons. The van der Waals surface area contributed by atoms with Gasteiger partial charge in [-0.05, 0) is 49.7 Å². The predicted molar refractivity (Wildman–Crippen MR) is 100 cm³/mol. The molecule has 0 atom stereocenters. The van der Waals surface area contributed by atoms with Gasteiger partial charge in [0.2, 0.25) is 6.79 Å². The summed E-state index contributed by atoms with van der Waals surface area (Å²) < 4.78 is 16.4. The number of hydrogen-bond donors (Lipinski definition) is 0. The molecule has 0 fully saturated rings. The van der Waals surface area contributed by atoms with E-state index < -0.39 is 0 Å². The highest BCUT2D eigenvalue weighted by molar-refractivity contribution is 5.80. The van der Waals surface area contributed by atoms with Crippen molar-refractivity contribution in [2.24, 2.45) is 4.99 Å². The summed E-state index contributed by atoms with van der Waals surface area (Å²) in [5, 5.41) is 11.2. The first-order chi connectivity index (χ1) is 13.0. The Morgan fingerprint density at radius 2 is 1.89 bits per heavy atom. The minimum Gasteiger partial charge on any atom is -0.455 e. The SMILES string of the molecule is Cc1cc(-c2ccc(C=Nc3ccc4c(c3)OCO4)o2)cc([N+](=O)[O-])c1C. The van der Waals surface area contributed by atoms with Gasteiger partial charge in [0.25, 0.3) is 5.69 Å². The Kier molecular flexibility index (Phi) is 4.12. The lowest BCUT2D eigenvalue weighted by Crippen LogP contribution is -1.94. The first-order valence-corrected chi connectivity index (χ1v) is 8.31. The number of aryl methyl sites for hydroxylation is 1. The molecule has 2 heterocycles. The number of benzene rings is 2. The van der Waals surface area contributed by atoms with Crippen LogP contribution in [0.15, 0.2) is 51.9 Å². The minimum atomic E-state index is -0.378. The molecule has 0 spiro atoms. The van der Waals surface area contributed by atoms with Gasteiger partial charge in [-0.3, -0.25) is 15.1 Å². The van der Waals surface area contributed by atoms with Crippen molar-refractivity contribution in [2.75, 3.05) is 6.79 Å². The van der Waals surface area contributed by atoms with E-state index in [4.69, 9.17) is 13.9 Å². The summed E-state index contributed by atoms with van der Waals surface area (Å²) in [7, 11) is 0. The van der Waals surface area contributed by atoms with Crippen LogP contribution < -0.4 is 9.47 Å². The molecule has 27 heavy (non-hydrogen) atoms. The van der Waals surface area contributed by atoms with Crippen molar-refractivity contribution >= 4 is 17.6 Å². The number of ether oxygens (including phenoxy) is 2. The summed E-state index contributed by atoms with van der Waals surface area (Å²) >= 11 is 0. The number of nitro benzene ring substituents is 1. The van der Waals surface area contributed by atoms with Gasteiger partial charge < -0.3 is 13.9 Å². The normalized spacial score (nSPS) is 12.7. The van der Waals surface area contributed by atoms with Crippen LogP contribution in [0.5, 0.6) is 11.5 Å². The van der Waals surface area contributed by atoms with E-state index in [1.165, 1.54) is 6.07 Å². The summed E-state index contributed by atoms with van der Waals surface area (Å²) in [6.45, 7) is 3.80. The molecule has 1 aliphatic heterocycles. The van der Waals surface area contributed by atoms with Gasteiger partial charge in [0, 0.05) is 23.3 Å². The van der Waals surface area contributed by atoms with Crippen LogP contribution >= 0.6 is 0 Å². The summed E-state index contributed by atoms with van der Waals surface area (Å²) in [6.07, 6.45) is 1.59. The standard InChI is InChI=1S/C20H16N2O5/c1-12-7-14(8-17(13(12)2)22(23)24)18-6-4-16(27-18)10-21-15-3-5-19-20(9-15)26-11-25-19/h3-10H,11H2,1-2H3. The molecule has 7 nitrogen and oxygen atoms in total. The third kappa shape index (κ3) is 3.27. The highest BCUT2D eigenvalue weighted by atomic mass is 16.7. The molecule has 7 heteroatoms. The fourth-order valence-corrected chi connectivity index (χ4v) is 2.85. The van der Waals surface area contributed by atoms with Crippen molar-refractivity contribution in [2.45, 2.75) is 13.8 Å². The molecule has 0 N–H and O–H groups in total. The monoisotopic (exact) mass is 364 g/mol. The molecule has 4 rings (SSSR count). The van der Waals surface area contributed by atoms with Crippen LogP contribution in [0.2, 0.25) is 0 Å². The summed E-state index contributed by atoms with van der Waals surface area (Å²) in [5.74, 6) is 2.45. The quantitative estimate of drug-likeness (QED) is 0.371. The summed E-state index contributed by atoms with van der Waals surface area (Å²) in [6, 6.07) is 12.4. The fourth-order valence-electron chi connectivity index (χ4n) is 2.85. The molecule has 0 bridgehead atoms. The minimum absolute atomic E-state index is 0.0805. The van der Waals surface area contributed by atoms with Gasteiger partial charge in [0.15, 0.2) is 11.5 Å². The van der Waals surface area contributed by atoms with Gasteiger partial charge in [0.05, 0.1) is 16.8 Å². The zero-order chi connectivity index (χ0) is 19.0. The third-order valence-electron chi connectivity index (χ3n) is 4.44. The van der Waals surface area contributed by atoms with Crippen LogP contribution in [0.4, 0.5) is 11.4 Å². The molecule has 2 aromatic carbocycles. The molecule has 0 aliphatic carbocycles. The molecule has 0 saturated carbocycles. The van der Waals surface area contributed by atoms with Gasteiger partial charge in [-0.15, -0.1) is 0 Å². The number of hydrogen-bond acceptors (Lipinski definition) is 6. The van der Waals surface area contributed by atoms with Crippen molar-refractivity contribution in [1.82, 2.24) is 0 Å². The lowest BCUT2D eigenvalue weighted by molar-refractivity contribution is -0.385. The molecule has 0 saturated heterocycles. The average Bonchev–Trinajstić information content (AvgIpc) is 3.30. The maximum atomic E-state index is 11.2. The molecule has 0 radical (unpaired) electrons. The van der Waals surface area contributed by atoms with Crippen LogP contribution in [-0.4, -0.2) is 17.9 Å². The van der Waals surface area contributed by atoms with Gasteiger partial charge in [-0.2, -0.15) is 0 Å². The number of nitro groups is 1. The Hall–Kier alpha value is -3.61. The van der Waals surface area contributed by atoms with Gasteiger partial charge in [-0.25, -0.2) is 0 Å². The van der Waals surface area contributed by atoms with Crippen LogP contribution in [0.3, 0.4) is 0 Å². The maximum absolute atomic E-state index is 11.2. The Morgan fingerprint density at radius 3 is 2.70 bits per heavy atom. The Morgan fingerprint density at radius 1 is 1.07 bits per heavy atom. The van der Waals surface area contributed by atoms with E-state index in [1.54, 1.807) is 37.4 Å². The van der Waals surface area contributed by atoms with E-state index in [9.17, 15) is 10.1 Å². The number of rotatable bonds is 4. The van der Waals surface area contributed by atoms with E-state index in [0.717, 1.165) is 5.56 Å². The third-order valence-corrected chi connectivity index (χ3v) is 4.44. The van der Waals surface area contributed by atoms with Crippen molar-refractivity contribution in [3.8, 4) is 22.8 Å². The molecule has 0 unspecified atom stereocenters. The Labute approximate surface area is 155 Å². The van der Waals surface area contributed by atoms with E-state index in [-0.39, 0.29) is 17.4 Å². The van der Waals surface area contributed by atoms with Gasteiger partial charge >= 0.3 is 0 Å². The van der Waals surface area contributed by atoms with Crippen molar-refractivity contribution < 1.29 is 18.8 Å². The smallest absolute Gasteiger partial charge is 0.273 e. The summed E-state index contributed by atoms with van der Waals surface area (Å²) in [5.41, 5.74) is 2.94. The van der Waals surface area contributed by atoms with Crippen LogP contribution in [0.1, 0.15) is 16.9 Å². The van der Waals surface area contributed by atoms with E-state index >= 15 is 0 Å². The first-order valence-electron chi connectivity index (χ1n) is 8.31. The highest BCUT2D eigenvalue weighted by Gasteiger charge is 2.16. The van der Waals surface area contributed by atoms with E-state index in [1.807, 2.05) is 19.1 Å². The van der Waals surface area contributed by atoms with Crippen molar-refractivity contribution in [3.05, 3.63) is 69.5 Å². The van der Waals surface area contributed by atoms with Crippen LogP contribution in [0.25, 0.3) is 11.3 Å². The number of nitrogens with zero attached hydrogens (tertiary/aromatic N) is 2. The molecule has 1 aromatic heterocycles. The van der Waals surface area contributed by atoms with Crippen LogP contribution in [-0.2, 0) is 0 Å². The number of fused-ring (bicyclic) bond motifs is 1. The number of aliphatic imine (C=N–C) groups is 1. The second kappa shape index (κ2) is 6.60. The largest absolute Gasteiger partial charge is 0.455 e. The second-order valence-corrected chi connectivity index (χ2v) is 6.19. The van der Waals surface area contributed by atoms with Gasteiger partial charge in [0.1, 0.15) is 11.5 Å². The molecule has 1 aliphatic rings. The average molecular weight is 364 g/mol.